The minimum absolute atomic E-state index is 0.0563. The molecule has 0 aliphatic heterocycles. The first-order valence-electron chi connectivity index (χ1n) is 5.03. The molecule has 0 aromatic heterocycles. The fourth-order valence-electron chi connectivity index (χ4n) is 1.40. The number of rotatable bonds is 3. The van der Waals surface area contributed by atoms with E-state index in [1.54, 1.807) is 0 Å². The van der Waals surface area contributed by atoms with Crippen LogP contribution in [0.3, 0.4) is 0 Å². The van der Waals surface area contributed by atoms with Crippen LogP contribution in [0.2, 0.25) is 0 Å². The van der Waals surface area contributed by atoms with Crippen LogP contribution in [0.4, 0.5) is 5.69 Å². The molecule has 1 fully saturated rings. The third kappa shape index (κ3) is 2.40. The van der Waals surface area contributed by atoms with Crippen molar-refractivity contribution >= 4 is 11.6 Å². The van der Waals surface area contributed by atoms with Gasteiger partial charge >= 0.3 is 0 Å². The summed E-state index contributed by atoms with van der Waals surface area (Å²) in [5.74, 6) is 0.476. The molecule has 4 nitrogen and oxygen atoms in total. The largest absolute Gasteiger partial charge is 0.508 e. The SMILES string of the molecule is Nc1ccc(O)cc1C(=O)NCC1CC1. The number of phenolic OH excluding ortho intramolecular Hbond substituents is 1. The predicted octanol–water partition coefficient (Wildman–Crippen LogP) is 1.11. The maximum atomic E-state index is 11.6. The van der Waals surface area contributed by atoms with Gasteiger partial charge in [0, 0.05) is 12.2 Å². The van der Waals surface area contributed by atoms with Crippen molar-refractivity contribution in [2.24, 2.45) is 5.92 Å². The highest BCUT2D eigenvalue weighted by atomic mass is 16.3. The van der Waals surface area contributed by atoms with Crippen LogP contribution in [-0.2, 0) is 0 Å². The molecule has 4 N–H and O–H groups in total. The van der Waals surface area contributed by atoms with Crippen LogP contribution in [0.1, 0.15) is 23.2 Å². The Balaban J connectivity index is 2.05. The van der Waals surface area contributed by atoms with Gasteiger partial charge in [-0.15, -0.1) is 0 Å². The summed E-state index contributed by atoms with van der Waals surface area (Å²) < 4.78 is 0. The van der Waals surface area contributed by atoms with Gasteiger partial charge in [0.1, 0.15) is 5.75 Å². The standard InChI is InChI=1S/C11H14N2O2/c12-10-4-3-8(14)5-9(10)11(15)13-6-7-1-2-7/h3-5,7,14H,1-2,6,12H2,(H,13,15). The van der Waals surface area contributed by atoms with Crippen LogP contribution < -0.4 is 11.1 Å². The van der Waals surface area contributed by atoms with Gasteiger partial charge in [0.25, 0.3) is 5.91 Å². The summed E-state index contributed by atoms with van der Waals surface area (Å²) >= 11 is 0. The van der Waals surface area contributed by atoms with Gasteiger partial charge in [0.2, 0.25) is 0 Å². The minimum Gasteiger partial charge on any atom is -0.508 e. The highest BCUT2D eigenvalue weighted by Crippen LogP contribution is 2.27. The van der Waals surface area contributed by atoms with E-state index in [0.29, 0.717) is 23.7 Å². The second kappa shape index (κ2) is 3.81. The lowest BCUT2D eigenvalue weighted by atomic mass is 10.1. The number of carbonyl (C=O) groups excluding carboxylic acids is 1. The molecule has 1 aliphatic rings. The van der Waals surface area contributed by atoms with Crippen molar-refractivity contribution < 1.29 is 9.90 Å². The second-order valence-corrected chi connectivity index (χ2v) is 3.92. The average Bonchev–Trinajstić information content (AvgIpc) is 3.02. The molecule has 1 aliphatic carbocycles. The Labute approximate surface area is 88.1 Å². The van der Waals surface area contributed by atoms with Crippen molar-refractivity contribution in [3.8, 4) is 5.75 Å². The van der Waals surface area contributed by atoms with Crippen molar-refractivity contribution in [3.63, 3.8) is 0 Å². The van der Waals surface area contributed by atoms with Crippen LogP contribution >= 0.6 is 0 Å². The smallest absolute Gasteiger partial charge is 0.253 e. The van der Waals surface area contributed by atoms with E-state index in [2.05, 4.69) is 5.32 Å². The molecular formula is C11H14N2O2. The summed E-state index contributed by atoms with van der Waals surface area (Å²) in [7, 11) is 0. The van der Waals surface area contributed by atoms with Crippen molar-refractivity contribution in [3.05, 3.63) is 23.8 Å². The molecule has 0 saturated heterocycles. The fraction of sp³-hybridized carbons (Fsp3) is 0.364. The zero-order chi connectivity index (χ0) is 10.8. The van der Waals surface area contributed by atoms with E-state index in [0.717, 1.165) is 0 Å². The lowest BCUT2D eigenvalue weighted by molar-refractivity contribution is 0.0952. The molecule has 15 heavy (non-hydrogen) atoms. The third-order valence-corrected chi connectivity index (χ3v) is 2.53. The molecule has 1 aromatic rings. The zero-order valence-corrected chi connectivity index (χ0v) is 8.36. The number of hydrogen-bond donors (Lipinski definition) is 3. The molecule has 4 heteroatoms. The lowest BCUT2D eigenvalue weighted by Crippen LogP contribution is -2.26. The molecule has 0 heterocycles. The minimum atomic E-state index is -0.213. The van der Waals surface area contributed by atoms with E-state index < -0.39 is 0 Å². The van der Waals surface area contributed by atoms with E-state index >= 15 is 0 Å². The lowest BCUT2D eigenvalue weighted by Gasteiger charge is -2.07. The molecule has 0 unspecified atom stereocenters. The van der Waals surface area contributed by atoms with Gasteiger partial charge in [-0.25, -0.2) is 0 Å². The second-order valence-electron chi connectivity index (χ2n) is 3.92. The van der Waals surface area contributed by atoms with E-state index in [1.165, 1.54) is 31.0 Å². The molecule has 1 saturated carbocycles. The normalized spacial score (nSPS) is 14.9. The summed E-state index contributed by atoms with van der Waals surface area (Å²) in [5, 5.41) is 12.0. The third-order valence-electron chi connectivity index (χ3n) is 2.53. The number of carbonyl (C=O) groups is 1. The summed E-state index contributed by atoms with van der Waals surface area (Å²) in [5.41, 5.74) is 6.37. The van der Waals surface area contributed by atoms with Crippen LogP contribution in [0.15, 0.2) is 18.2 Å². The van der Waals surface area contributed by atoms with Gasteiger partial charge in [0.15, 0.2) is 0 Å². The number of amides is 1. The first kappa shape index (κ1) is 9.83. The van der Waals surface area contributed by atoms with Crippen LogP contribution in [-0.4, -0.2) is 17.6 Å². The molecule has 0 bridgehead atoms. The average molecular weight is 206 g/mol. The van der Waals surface area contributed by atoms with Crippen molar-refractivity contribution in [2.45, 2.75) is 12.8 Å². The quantitative estimate of drug-likeness (QED) is 0.512. The van der Waals surface area contributed by atoms with Gasteiger partial charge in [-0.1, -0.05) is 0 Å². The predicted molar refractivity (Wildman–Crippen MR) is 57.6 cm³/mol. The Hall–Kier alpha value is -1.71. The fourth-order valence-corrected chi connectivity index (χ4v) is 1.40. The monoisotopic (exact) mass is 206 g/mol. The van der Waals surface area contributed by atoms with Gasteiger partial charge in [-0.2, -0.15) is 0 Å². The molecular weight excluding hydrogens is 192 g/mol. The van der Waals surface area contributed by atoms with Crippen molar-refractivity contribution in [1.29, 1.82) is 0 Å². The molecule has 0 atom stereocenters. The summed E-state index contributed by atoms with van der Waals surface area (Å²) in [4.78, 5) is 11.6. The number of benzene rings is 1. The van der Waals surface area contributed by atoms with Crippen molar-refractivity contribution in [1.82, 2.24) is 5.32 Å². The number of aromatic hydroxyl groups is 1. The summed E-state index contributed by atoms with van der Waals surface area (Å²) in [6.45, 7) is 0.702. The van der Waals surface area contributed by atoms with Crippen LogP contribution in [0, 0.1) is 5.92 Å². The highest BCUT2D eigenvalue weighted by Gasteiger charge is 2.22. The summed E-state index contributed by atoms with van der Waals surface area (Å²) in [6.07, 6.45) is 2.38. The zero-order valence-electron chi connectivity index (χ0n) is 8.36. The number of phenols is 1. The Kier molecular flexibility index (Phi) is 2.49. The Morgan fingerprint density at radius 2 is 2.27 bits per heavy atom. The van der Waals surface area contributed by atoms with Crippen molar-refractivity contribution in [2.75, 3.05) is 12.3 Å². The van der Waals surface area contributed by atoms with Crippen LogP contribution in [0.5, 0.6) is 5.75 Å². The van der Waals surface area contributed by atoms with Gasteiger partial charge in [-0.3, -0.25) is 4.79 Å². The number of hydrogen-bond acceptors (Lipinski definition) is 3. The number of nitrogen functional groups attached to an aromatic ring is 1. The van der Waals surface area contributed by atoms with E-state index in [1.807, 2.05) is 0 Å². The molecule has 0 spiro atoms. The van der Waals surface area contributed by atoms with Gasteiger partial charge in [-0.05, 0) is 37.0 Å². The van der Waals surface area contributed by atoms with E-state index in [4.69, 9.17) is 5.73 Å². The molecule has 80 valence electrons. The summed E-state index contributed by atoms with van der Waals surface area (Å²) in [6, 6.07) is 4.38. The molecule has 0 radical (unpaired) electrons. The maximum absolute atomic E-state index is 11.6. The Morgan fingerprint density at radius 3 is 2.93 bits per heavy atom. The molecule has 1 aromatic carbocycles. The Bertz CT molecular complexity index is 386. The van der Waals surface area contributed by atoms with E-state index in [9.17, 15) is 9.90 Å². The first-order valence-corrected chi connectivity index (χ1v) is 5.03. The van der Waals surface area contributed by atoms with E-state index in [-0.39, 0.29) is 11.7 Å². The maximum Gasteiger partial charge on any atom is 0.253 e. The van der Waals surface area contributed by atoms with Crippen LogP contribution in [0.25, 0.3) is 0 Å². The number of nitrogens with two attached hydrogens (primary N) is 1. The molecule has 2 rings (SSSR count). The Morgan fingerprint density at radius 1 is 1.53 bits per heavy atom. The first-order chi connectivity index (χ1) is 7.16. The highest BCUT2D eigenvalue weighted by molar-refractivity contribution is 5.99. The number of nitrogens with one attached hydrogen (secondary N) is 1. The topological polar surface area (TPSA) is 75.3 Å². The van der Waals surface area contributed by atoms with Gasteiger partial charge in [0.05, 0.1) is 5.56 Å². The molecule has 1 amide bonds. The number of anilines is 1. The van der Waals surface area contributed by atoms with Gasteiger partial charge < -0.3 is 16.2 Å².